The highest BCUT2D eigenvalue weighted by Crippen LogP contribution is 2.24. The lowest BCUT2D eigenvalue weighted by Gasteiger charge is -2.18. The molecule has 0 radical (unpaired) electrons. The van der Waals surface area contributed by atoms with Crippen molar-refractivity contribution >= 4 is 20.9 Å². The second-order valence-corrected chi connectivity index (χ2v) is 8.60. The van der Waals surface area contributed by atoms with Crippen molar-refractivity contribution < 1.29 is 8.42 Å². The van der Waals surface area contributed by atoms with E-state index in [2.05, 4.69) is 10.1 Å². The van der Waals surface area contributed by atoms with Crippen LogP contribution in [0.4, 0.5) is 0 Å². The molecule has 0 aliphatic rings. The molecular formula is C18H22N4O3S. The van der Waals surface area contributed by atoms with Crippen molar-refractivity contribution in [3.05, 3.63) is 57.1 Å². The molecule has 1 aromatic carbocycles. The lowest BCUT2D eigenvalue weighted by Crippen LogP contribution is -2.27. The zero-order valence-electron chi connectivity index (χ0n) is 15.5. The number of nitrogens with zero attached hydrogens (tertiary/aromatic N) is 3. The third kappa shape index (κ3) is 3.06. The zero-order chi connectivity index (χ0) is 19.2. The summed E-state index contributed by atoms with van der Waals surface area (Å²) in [5.41, 5.74) is 3.82. The minimum atomic E-state index is -3.68. The monoisotopic (exact) mass is 374 g/mol. The molecule has 7 nitrogen and oxygen atoms in total. The fraction of sp³-hybridized carbons (Fsp3) is 0.333. The van der Waals surface area contributed by atoms with Crippen molar-refractivity contribution in [1.82, 2.24) is 19.1 Å². The van der Waals surface area contributed by atoms with Crippen LogP contribution in [0.1, 0.15) is 22.5 Å². The Morgan fingerprint density at radius 3 is 2.50 bits per heavy atom. The maximum atomic E-state index is 13.0. The zero-order valence-corrected chi connectivity index (χ0v) is 16.3. The molecule has 1 N–H and O–H groups in total. The lowest BCUT2D eigenvalue weighted by atomic mass is 10.1. The van der Waals surface area contributed by atoms with Crippen LogP contribution >= 0.6 is 0 Å². The van der Waals surface area contributed by atoms with E-state index < -0.39 is 10.0 Å². The molecule has 2 heterocycles. The first-order valence-corrected chi connectivity index (χ1v) is 9.64. The summed E-state index contributed by atoms with van der Waals surface area (Å²) in [5, 5.41) is 5.06. The molecule has 3 rings (SSSR count). The Morgan fingerprint density at radius 2 is 1.88 bits per heavy atom. The quantitative estimate of drug-likeness (QED) is 0.757. The van der Waals surface area contributed by atoms with Gasteiger partial charge in [-0.1, -0.05) is 0 Å². The molecule has 138 valence electrons. The third-order valence-corrected chi connectivity index (χ3v) is 6.57. The number of aromatic nitrogens is 3. The number of sulfonamides is 1. The molecule has 8 heteroatoms. The van der Waals surface area contributed by atoms with Gasteiger partial charge in [-0.2, -0.15) is 9.40 Å². The summed E-state index contributed by atoms with van der Waals surface area (Å²) in [6.07, 6.45) is 0. The van der Waals surface area contributed by atoms with Gasteiger partial charge in [0.2, 0.25) is 15.6 Å². The Kier molecular flexibility index (Phi) is 4.49. The average molecular weight is 374 g/mol. The number of aromatic amines is 1. The Labute approximate surface area is 152 Å². The highest BCUT2D eigenvalue weighted by atomic mass is 32.2. The maximum Gasteiger partial charge on any atom is 0.248 e. The molecule has 0 bridgehead atoms. The molecule has 0 saturated carbocycles. The highest BCUT2D eigenvalue weighted by Gasteiger charge is 2.24. The van der Waals surface area contributed by atoms with Crippen molar-refractivity contribution in [3.63, 3.8) is 0 Å². The summed E-state index contributed by atoms with van der Waals surface area (Å²) >= 11 is 0. The summed E-state index contributed by atoms with van der Waals surface area (Å²) in [5.74, 6) is 0. The van der Waals surface area contributed by atoms with Gasteiger partial charge in [0.15, 0.2) is 0 Å². The first kappa shape index (κ1) is 18.3. The van der Waals surface area contributed by atoms with E-state index in [1.54, 1.807) is 30.8 Å². The Morgan fingerprint density at radius 1 is 1.19 bits per heavy atom. The third-order valence-electron chi connectivity index (χ3n) is 4.77. The molecule has 0 atom stereocenters. The van der Waals surface area contributed by atoms with E-state index in [1.807, 2.05) is 20.9 Å². The van der Waals surface area contributed by atoms with Gasteiger partial charge in [0.05, 0.1) is 10.6 Å². The summed E-state index contributed by atoms with van der Waals surface area (Å²) in [6, 6.07) is 6.22. The summed E-state index contributed by atoms with van der Waals surface area (Å²) in [7, 11) is -0.274. The smallest absolute Gasteiger partial charge is 0.248 e. The standard InChI is InChI=1S/C18H22N4O3S/c1-11-8-18(23)19-17-7-6-14(9-15(11)17)26(24,25)21(4)10-16-12(2)20-22(5)13(16)3/h6-9H,10H2,1-5H3,(H,19,23). The number of hydrogen-bond donors (Lipinski definition) is 1. The minimum absolute atomic E-state index is 0.196. The highest BCUT2D eigenvalue weighted by molar-refractivity contribution is 7.89. The van der Waals surface area contributed by atoms with Crippen LogP contribution in [-0.4, -0.2) is 34.5 Å². The second kappa shape index (κ2) is 6.37. The number of hydrogen-bond acceptors (Lipinski definition) is 4. The lowest BCUT2D eigenvalue weighted by molar-refractivity contribution is 0.465. The predicted molar refractivity (Wildman–Crippen MR) is 101 cm³/mol. The molecule has 0 aliphatic carbocycles. The van der Waals surface area contributed by atoms with Crippen molar-refractivity contribution in [3.8, 4) is 0 Å². The summed E-state index contributed by atoms with van der Waals surface area (Å²) in [4.78, 5) is 14.5. The van der Waals surface area contributed by atoms with E-state index in [1.165, 1.54) is 16.4 Å². The number of pyridine rings is 1. The Bertz CT molecular complexity index is 1160. The van der Waals surface area contributed by atoms with E-state index in [0.717, 1.165) is 22.5 Å². The minimum Gasteiger partial charge on any atom is -0.322 e. The normalized spacial score (nSPS) is 12.2. The van der Waals surface area contributed by atoms with E-state index in [4.69, 9.17) is 0 Å². The van der Waals surface area contributed by atoms with Gasteiger partial charge in [-0.3, -0.25) is 9.48 Å². The van der Waals surface area contributed by atoms with Gasteiger partial charge in [-0.15, -0.1) is 0 Å². The van der Waals surface area contributed by atoms with Gasteiger partial charge in [0.25, 0.3) is 0 Å². The number of benzene rings is 1. The van der Waals surface area contributed by atoms with Crippen LogP contribution in [0.25, 0.3) is 10.9 Å². The van der Waals surface area contributed by atoms with Crippen molar-refractivity contribution in [2.75, 3.05) is 7.05 Å². The number of H-pyrrole nitrogens is 1. The van der Waals surface area contributed by atoms with Crippen LogP contribution in [0.15, 0.2) is 34.0 Å². The Balaban J connectivity index is 2.01. The second-order valence-electron chi connectivity index (χ2n) is 6.56. The molecule has 0 amide bonds. The Hall–Kier alpha value is -2.45. The number of nitrogens with one attached hydrogen (secondary N) is 1. The van der Waals surface area contributed by atoms with Gasteiger partial charge < -0.3 is 4.98 Å². The largest absolute Gasteiger partial charge is 0.322 e. The molecule has 0 unspecified atom stereocenters. The van der Waals surface area contributed by atoms with Crippen molar-refractivity contribution in [2.24, 2.45) is 7.05 Å². The molecule has 0 fully saturated rings. The van der Waals surface area contributed by atoms with Crippen LogP contribution in [0.2, 0.25) is 0 Å². The van der Waals surface area contributed by atoms with Crippen LogP contribution in [-0.2, 0) is 23.6 Å². The first-order valence-electron chi connectivity index (χ1n) is 8.20. The van der Waals surface area contributed by atoms with Crippen LogP contribution in [0.3, 0.4) is 0 Å². The first-order chi connectivity index (χ1) is 12.1. The van der Waals surface area contributed by atoms with Crippen LogP contribution in [0, 0.1) is 20.8 Å². The van der Waals surface area contributed by atoms with Gasteiger partial charge in [0, 0.05) is 48.9 Å². The van der Waals surface area contributed by atoms with Crippen LogP contribution in [0.5, 0.6) is 0 Å². The molecule has 0 aliphatic heterocycles. The van der Waals surface area contributed by atoms with Gasteiger partial charge in [-0.05, 0) is 44.5 Å². The van der Waals surface area contributed by atoms with Gasteiger partial charge in [0.1, 0.15) is 0 Å². The molecule has 26 heavy (non-hydrogen) atoms. The molecule has 3 aromatic rings. The van der Waals surface area contributed by atoms with E-state index >= 15 is 0 Å². The van der Waals surface area contributed by atoms with E-state index in [9.17, 15) is 13.2 Å². The maximum absolute atomic E-state index is 13.0. The number of fused-ring (bicyclic) bond motifs is 1. The van der Waals surface area contributed by atoms with Gasteiger partial charge in [-0.25, -0.2) is 8.42 Å². The molecular weight excluding hydrogens is 352 g/mol. The molecule has 2 aromatic heterocycles. The SMILES string of the molecule is Cc1nn(C)c(C)c1CN(C)S(=O)(=O)c1ccc2[nH]c(=O)cc(C)c2c1. The summed E-state index contributed by atoms with van der Waals surface area (Å²) < 4.78 is 29.1. The van der Waals surface area contributed by atoms with Gasteiger partial charge >= 0.3 is 0 Å². The van der Waals surface area contributed by atoms with E-state index in [-0.39, 0.29) is 17.0 Å². The molecule has 0 spiro atoms. The van der Waals surface area contributed by atoms with Crippen LogP contribution < -0.4 is 5.56 Å². The number of aryl methyl sites for hydroxylation is 3. The number of rotatable bonds is 4. The predicted octanol–water partition coefficient (Wildman–Crippen LogP) is 2.01. The fourth-order valence-corrected chi connectivity index (χ4v) is 4.26. The fourth-order valence-electron chi connectivity index (χ4n) is 3.10. The van der Waals surface area contributed by atoms with Crippen molar-refractivity contribution in [2.45, 2.75) is 32.2 Å². The van der Waals surface area contributed by atoms with Crippen molar-refractivity contribution in [1.29, 1.82) is 0 Å². The topological polar surface area (TPSA) is 88.1 Å². The average Bonchev–Trinajstić information content (AvgIpc) is 2.80. The van der Waals surface area contributed by atoms with E-state index in [0.29, 0.717) is 10.9 Å². The summed E-state index contributed by atoms with van der Waals surface area (Å²) in [6.45, 7) is 5.83. The molecule has 0 saturated heterocycles.